The van der Waals surface area contributed by atoms with Crippen LogP contribution < -0.4 is 11.1 Å². The van der Waals surface area contributed by atoms with Gasteiger partial charge in [0, 0.05) is 23.7 Å². The Balaban J connectivity index is 0.00000242. The first kappa shape index (κ1) is 18.3. The molecule has 0 aliphatic heterocycles. The van der Waals surface area contributed by atoms with E-state index >= 15 is 0 Å². The monoisotopic (exact) mass is 331 g/mol. The molecule has 2 rings (SSSR count). The highest BCUT2D eigenvalue weighted by Crippen LogP contribution is 2.25. The molecule has 22 heavy (non-hydrogen) atoms. The van der Waals surface area contributed by atoms with Gasteiger partial charge in [-0.25, -0.2) is 4.39 Å². The molecule has 0 unspecified atom stereocenters. The van der Waals surface area contributed by atoms with Crippen LogP contribution >= 0.6 is 12.4 Å². The number of non-ortho nitro benzene ring substituents is 1. The highest BCUT2D eigenvalue weighted by Gasteiger charge is 2.28. The van der Waals surface area contributed by atoms with Crippen LogP contribution in [0, 0.1) is 15.9 Å². The third-order valence-electron chi connectivity index (χ3n) is 3.81. The fourth-order valence-electron chi connectivity index (χ4n) is 2.60. The summed E-state index contributed by atoms with van der Waals surface area (Å²) >= 11 is 0. The van der Waals surface area contributed by atoms with E-state index in [1.807, 2.05) is 0 Å². The Morgan fingerprint density at radius 1 is 1.32 bits per heavy atom. The van der Waals surface area contributed by atoms with Crippen LogP contribution in [0.4, 0.5) is 10.1 Å². The zero-order chi connectivity index (χ0) is 15.5. The second kappa shape index (κ2) is 7.51. The molecule has 0 bridgehead atoms. The summed E-state index contributed by atoms with van der Waals surface area (Å²) in [5.41, 5.74) is 5.25. The van der Waals surface area contributed by atoms with Gasteiger partial charge in [0.05, 0.1) is 11.0 Å². The maximum absolute atomic E-state index is 13.3. The van der Waals surface area contributed by atoms with Crippen LogP contribution in [-0.2, 0) is 0 Å². The van der Waals surface area contributed by atoms with Gasteiger partial charge in [-0.05, 0) is 18.9 Å². The van der Waals surface area contributed by atoms with Gasteiger partial charge in [0.15, 0.2) is 0 Å². The lowest BCUT2D eigenvalue weighted by atomic mass is 9.82. The number of nitrogens with two attached hydrogens (primary N) is 1. The van der Waals surface area contributed by atoms with Gasteiger partial charge in [-0.3, -0.25) is 14.9 Å². The van der Waals surface area contributed by atoms with E-state index in [-0.39, 0.29) is 24.5 Å². The Kier molecular flexibility index (Phi) is 6.25. The number of nitrogens with zero attached hydrogens (tertiary/aromatic N) is 1. The molecule has 1 aliphatic rings. The van der Waals surface area contributed by atoms with Crippen LogP contribution in [0.3, 0.4) is 0 Å². The van der Waals surface area contributed by atoms with Crippen molar-refractivity contribution in [2.45, 2.75) is 37.6 Å². The SMILES string of the molecule is Cl.NC1(CNC(=O)c2cc(F)cc([N+](=O)[O-])c2)CCCCC1. The molecule has 6 nitrogen and oxygen atoms in total. The largest absolute Gasteiger partial charge is 0.350 e. The van der Waals surface area contributed by atoms with Crippen molar-refractivity contribution in [2.24, 2.45) is 5.73 Å². The van der Waals surface area contributed by atoms with Crippen molar-refractivity contribution < 1.29 is 14.1 Å². The molecule has 1 amide bonds. The van der Waals surface area contributed by atoms with Crippen LogP contribution in [0.25, 0.3) is 0 Å². The summed E-state index contributed by atoms with van der Waals surface area (Å²) < 4.78 is 13.3. The molecule has 0 aromatic heterocycles. The summed E-state index contributed by atoms with van der Waals surface area (Å²) in [5.74, 6) is -1.36. The summed E-state index contributed by atoms with van der Waals surface area (Å²) in [7, 11) is 0. The van der Waals surface area contributed by atoms with Gasteiger partial charge in [-0.2, -0.15) is 0 Å². The van der Waals surface area contributed by atoms with Crippen molar-refractivity contribution in [2.75, 3.05) is 6.54 Å². The number of carbonyl (C=O) groups excluding carboxylic acids is 1. The highest BCUT2D eigenvalue weighted by molar-refractivity contribution is 5.94. The average Bonchev–Trinajstić information content (AvgIpc) is 2.45. The van der Waals surface area contributed by atoms with Crippen molar-refractivity contribution in [1.82, 2.24) is 5.32 Å². The van der Waals surface area contributed by atoms with Crippen molar-refractivity contribution in [3.8, 4) is 0 Å². The first-order chi connectivity index (χ1) is 9.89. The van der Waals surface area contributed by atoms with E-state index in [9.17, 15) is 19.3 Å². The summed E-state index contributed by atoms with van der Waals surface area (Å²) in [6.07, 6.45) is 4.85. The molecule has 1 fully saturated rings. The van der Waals surface area contributed by atoms with E-state index in [0.29, 0.717) is 0 Å². The van der Waals surface area contributed by atoms with Crippen molar-refractivity contribution >= 4 is 24.0 Å². The van der Waals surface area contributed by atoms with Crippen molar-refractivity contribution in [3.63, 3.8) is 0 Å². The molecular weight excluding hydrogens is 313 g/mol. The number of amides is 1. The van der Waals surface area contributed by atoms with Crippen LogP contribution in [0.5, 0.6) is 0 Å². The first-order valence-electron chi connectivity index (χ1n) is 6.92. The fraction of sp³-hybridized carbons (Fsp3) is 0.500. The average molecular weight is 332 g/mol. The summed E-state index contributed by atoms with van der Waals surface area (Å²) in [6.45, 7) is 0.288. The van der Waals surface area contributed by atoms with E-state index in [2.05, 4.69) is 5.32 Å². The number of rotatable bonds is 4. The molecule has 0 saturated heterocycles. The van der Waals surface area contributed by atoms with Gasteiger partial charge in [-0.15, -0.1) is 12.4 Å². The van der Waals surface area contributed by atoms with Gasteiger partial charge in [0.1, 0.15) is 5.82 Å². The van der Waals surface area contributed by atoms with Crippen molar-refractivity contribution in [3.05, 3.63) is 39.7 Å². The maximum atomic E-state index is 13.3. The van der Waals surface area contributed by atoms with Crippen LogP contribution in [-0.4, -0.2) is 22.9 Å². The van der Waals surface area contributed by atoms with Gasteiger partial charge >= 0.3 is 0 Å². The lowest BCUT2D eigenvalue weighted by Crippen LogP contribution is -2.51. The first-order valence-corrected chi connectivity index (χ1v) is 6.92. The molecule has 1 aliphatic carbocycles. The van der Waals surface area contributed by atoms with Crippen molar-refractivity contribution in [1.29, 1.82) is 0 Å². The quantitative estimate of drug-likeness (QED) is 0.654. The van der Waals surface area contributed by atoms with E-state index in [1.165, 1.54) is 0 Å². The minimum absolute atomic E-state index is 0. The molecule has 1 aromatic rings. The zero-order valence-corrected chi connectivity index (χ0v) is 12.8. The van der Waals surface area contributed by atoms with Crippen LogP contribution in [0.15, 0.2) is 18.2 Å². The molecule has 3 N–H and O–H groups in total. The molecule has 0 atom stereocenters. The van der Waals surface area contributed by atoms with E-state index in [0.717, 1.165) is 50.3 Å². The molecule has 0 heterocycles. The number of nitro groups is 1. The minimum Gasteiger partial charge on any atom is -0.350 e. The van der Waals surface area contributed by atoms with Crippen LogP contribution in [0.2, 0.25) is 0 Å². The van der Waals surface area contributed by atoms with E-state index in [4.69, 9.17) is 5.73 Å². The molecule has 122 valence electrons. The Hall–Kier alpha value is -1.73. The van der Waals surface area contributed by atoms with Gasteiger partial charge < -0.3 is 11.1 Å². The number of benzene rings is 1. The Bertz CT molecular complexity index is 562. The smallest absolute Gasteiger partial charge is 0.273 e. The number of hydrogen-bond donors (Lipinski definition) is 2. The molecule has 1 saturated carbocycles. The lowest BCUT2D eigenvalue weighted by molar-refractivity contribution is -0.385. The second-order valence-corrected chi connectivity index (χ2v) is 5.56. The number of hydrogen-bond acceptors (Lipinski definition) is 4. The molecule has 0 radical (unpaired) electrons. The predicted octanol–water partition coefficient (Wildman–Crippen LogP) is 2.55. The normalized spacial score (nSPS) is 16.5. The minimum atomic E-state index is -0.811. The van der Waals surface area contributed by atoms with E-state index in [1.54, 1.807) is 0 Å². The number of nitro benzene ring substituents is 1. The molecule has 1 aromatic carbocycles. The third-order valence-corrected chi connectivity index (χ3v) is 3.81. The van der Waals surface area contributed by atoms with Gasteiger partial charge in [0.2, 0.25) is 0 Å². The Labute approximate surface area is 133 Å². The lowest BCUT2D eigenvalue weighted by Gasteiger charge is -2.33. The Morgan fingerprint density at radius 3 is 2.55 bits per heavy atom. The molecule has 0 spiro atoms. The topological polar surface area (TPSA) is 98.3 Å². The highest BCUT2D eigenvalue weighted by atomic mass is 35.5. The second-order valence-electron chi connectivity index (χ2n) is 5.56. The van der Waals surface area contributed by atoms with Gasteiger partial charge in [-0.1, -0.05) is 19.3 Å². The summed E-state index contributed by atoms with van der Waals surface area (Å²) in [6, 6.07) is 2.82. The molecular formula is C14H19ClFN3O3. The number of nitrogens with one attached hydrogen (secondary N) is 1. The Morgan fingerprint density at radius 2 is 1.95 bits per heavy atom. The number of halogens is 2. The van der Waals surface area contributed by atoms with Gasteiger partial charge in [0.25, 0.3) is 11.6 Å². The summed E-state index contributed by atoms with van der Waals surface area (Å²) in [4.78, 5) is 21.9. The maximum Gasteiger partial charge on any atom is 0.273 e. The fourth-order valence-corrected chi connectivity index (χ4v) is 2.60. The number of carbonyl (C=O) groups is 1. The van der Waals surface area contributed by atoms with Crippen LogP contribution in [0.1, 0.15) is 42.5 Å². The summed E-state index contributed by atoms with van der Waals surface area (Å²) in [5, 5.41) is 13.3. The molecule has 8 heteroatoms. The van der Waals surface area contributed by atoms with E-state index < -0.39 is 27.9 Å². The third kappa shape index (κ3) is 4.64. The predicted molar refractivity (Wildman–Crippen MR) is 82.6 cm³/mol. The standard InChI is InChI=1S/C14H18FN3O3.ClH/c15-11-6-10(7-12(8-11)18(20)21)13(19)17-9-14(16)4-2-1-3-5-14;/h6-8H,1-5,9,16H2,(H,17,19);1H. The zero-order valence-electron chi connectivity index (χ0n) is 12.0.